The standard InChI is InChI=1S/C11H14FNS/c12-10-4-2-1-3-9(10)11(13)8-5-6-14-7-8/h1-4,8,11H,5-7,13H2. The van der Waals surface area contributed by atoms with Crippen LogP contribution in [0.25, 0.3) is 0 Å². The Morgan fingerprint density at radius 1 is 1.43 bits per heavy atom. The SMILES string of the molecule is NC(c1ccccc1F)C1CCSC1. The highest BCUT2D eigenvalue weighted by Crippen LogP contribution is 2.33. The lowest BCUT2D eigenvalue weighted by atomic mass is 9.93. The first-order valence-corrected chi connectivity index (χ1v) is 6.02. The molecule has 0 radical (unpaired) electrons. The van der Waals surface area contributed by atoms with Crippen molar-refractivity contribution in [3.8, 4) is 0 Å². The van der Waals surface area contributed by atoms with Crippen molar-refractivity contribution in [3.63, 3.8) is 0 Å². The van der Waals surface area contributed by atoms with Gasteiger partial charge in [-0.1, -0.05) is 18.2 Å². The van der Waals surface area contributed by atoms with Crippen LogP contribution in [0.2, 0.25) is 0 Å². The smallest absolute Gasteiger partial charge is 0.127 e. The normalized spacial score (nSPS) is 23.7. The van der Waals surface area contributed by atoms with Crippen LogP contribution < -0.4 is 5.73 Å². The fourth-order valence-electron chi connectivity index (χ4n) is 1.84. The molecule has 1 saturated heterocycles. The first-order chi connectivity index (χ1) is 6.79. The predicted molar refractivity (Wildman–Crippen MR) is 58.8 cm³/mol. The molecule has 0 spiro atoms. The van der Waals surface area contributed by atoms with Crippen LogP contribution in [0.5, 0.6) is 0 Å². The Bertz CT molecular complexity index is 310. The summed E-state index contributed by atoms with van der Waals surface area (Å²) in [6.45, 7) is 0. The summed E-state index contributed by atoms with van der Waals surface area (Å²) in [7, 11) is 0. The molecule has 2 unspecified atom stereocenters. The van der Waals surface area contributed by atoms with Gasteiger partial charge in [-0.25, -0.2) is 4.39 Å². The lowest BCUT2D eigenvalue weighted by Gasteiger charge is -2.18. The molecule has 2 N–H and O–H groups in total. The van der Waals surface area contributed by atoms with Crippen LogP contribution >= 0.6 is 11.8 Å². The number of hydrogen-bond donors (Lipinski definition) is 1. The lowest BCUT2D eigenvalue weighted by Crippen LogP contribution is -2.22. The van der Waals surface area contributed by atoms with Gasteiger partial charge in [0.2, 0.25) is 0 Å². The molecule has 3 heteroatoms. The molecular formula is C11H14FNS. The highest BCUT2D eigenvalue weighted by atomic mass is 32.2. The zero-order chi connectivity index (χ0) is 9.97. The predicted octanol–water partition coefficient (Wildman–Crippen LogP) is 2.58. The fraction of sp³-hybridized carbons (Fsp3) is 0.455. The van der Waals surface area contributed by atoms with Crippen molar-refractivity contribution in [2.45, 2.75) is 12.5 Å². The Morgan fingerprint density at radius 3 is 2.86 bits per heavy atom. The summed E-state index contributed by atoms with van der Waals surface area (Å²) < 4.78 is 13.4. The molecule has 76 valence electrons. The molecular weight excluding hydrogens is 197 g/mol. The minimum Gasteiger partial charge on any atom is -0.324 e. The molecule has 1 nitrogen and oxygen atoms in total. The summed E-state index contributed by atoms with van der Waals surface area (Å²) in [5, 5.41) is 0. The van der Waals surface area contributed by atoms with Gasteiger partial charge in [-0.15, -0.1) is 0 Å². The molecule has 1 aromatic carbocycles. The van der Waals surface area contributed by atoms with E-state index in [-0.39, 0.29) is 11.9 Å². The second-order valence-corrected chi connectivity index (χ2v) is 4.82. The van der Waals surface area contributed by atoms with E-state index in [2.05, 4.69) is 0 Å². The summed E-state index contributed by atoms with van der Waals surface area (Å²) in [4.78, 5) is 0. The molecule has 0 aliphatic carbocycles. The van der Waals surface area contributed by atoms with Gasteiger partial charge in [-0.2, -0.15) is 11.8 Å². The third-order valence-electron chi connectivity index (χ3n) is 2.74. The molecule has 2 atom stereocenters. The van der Waals surface area contributed by atoms with E-state index in [1.165, 1.54) is 6.07 Å². The van der Waals surface area contributed by atoms with Gasteiger partial charge >= 0.3 is 0 Å². The molecule has 2 rings (SSSR count). The highest BCUT2D eigenvalue weighted by molar-refractivity contribution is 7.99. The first-order valence-electron chi connectivity index (χ1n) is 4.87. The number of thioether (sulfide) groups is 1. The molecule has 0 amide bonds. The summed E-state index contributed by atoms with van der Waals surface area (Å²) >= 11 is 1.91. The Hall–Kier alpha value is -0.540. The Morgan fingerprint density at radius 2 is 2.21 bits per heavy atom. The van der Waals surface area contributed by atoms with Gasteiger partial charge in [0, 0.05) is 11.6 Å². The molecule has 1 aromatic rings. The Kier molecular flexibility index (Phi) is 3.08. The van der Waals surface area contributed by atoms with E-state index in [0.29, 0.717) is 11.5 Å². The van der Waals surface area contributed by atoms with E-state index in [0.717, 1.165) is 17.9 Å². The van der Waals surface area contributed by atoms with E-state index < -0.39 is 0 Å². The number of hydrogen-bond acceptors (Lipinski definition) is 2. The van der Waals surface area contributed by atoms with E-state index in [9.17, 15) is 4.39 Å². The van der Waals surface area contributed by atoms with Crippen molar-refractivity contribution in [1.82, 2.24) is 0 Å². The van der Waals surface area contributed by atoms with Crippen molar-refractivity contribution in [1.29, 1.82) is 0 Å². The minimum atomic E-state index is -0.170. The second kappa shape index (κ2) is 4.32. The maximum absolute atomic E-state index is 13.4. The van der Waals surface area contributed by atoms with Crippen LogP contribution in [0.4, 0.5) is 4.39 Å². The second-order valence-electron chi connectivity index (χ2n) is 3.67. The summed E-state index contributed by atoms with van der Waals surface area (Å²) in [6, 6.07) is 6.70. The van der Waals surface area contributed by atoms with E-state index in [1.54, 1.807) is 12.1 Å². The van der Waals surface area contributed by atoms with E-state index >= 15 is 0 Å². The molecule has 1 fully saturated rings. The molecule has 0 bridgehead atoms. The lowest BCUT2D eigenvalue weighted by molar-refractivity contribution is 0.460. The van der Waals surface area contributed by atoms with E-state index in [4.69, 9.17) is 5.73 Å². The van der Waals surface area contributed by atoms with Gasteiger partial charge in [-0.05, 0) is 29.9 Å². The van der Waals surface area contributed by atoms with Gasteiger partial charge in [0.1, 0.15) is 5.82 Å². The van der Waals surface area contributed by atoms with Gasteiger partial charge in [0.25, 0.3) is 0 Å². The Balaban J connectivity index is 2.17. The number of nitrogens with two attached hydrogens (primary N) is 1. The van der Waals surface area contributed by atoms with Crippen molar-refractivity contribution in [3.05, 3.63) is 35.6 Å². The van der Waals surface area contributed by atoms with Crippen LogP contribution in [0.15, 0.2) is 24.3 Å². The average Bonchev–Trinajstić information content (AvgIpc) is 2.70. The number of benzene rings is 1. The van der Waals surface area contributed by atoms with E-state index in [1.807, 2.05) is 17.8 Å². The fourth-order valence-corrected chi connectivity index (χ4v) is 3.15. The van der Waals surface area contributed by atoms with Gasteiger partial charge in [0.15, 0.2) is 0 Å². The topological polar surface area (TPSA) is 26.0 Å². The largest absolute Gasteiger partial charge is 0.324 e. The van der Waals surface area contributed by atoms with Crippen molar-refractivity contribution >= 4 is 11.8 Å². The first kappa shape index (κ1) is 9.99. The molecule has 0 saturated carbocycles. The summed E-state index contributed by atoms with van der Waals surface area (Å²) in [5.74, 6) is 2.50. The quantitative estimate of drug-likeness (QED) is 0.813. The molecule has 14 heavy (non-hydrogen) atoms. The van der Waals surface area contributed by atoms with Crippen LogP contribution in [-0.4, -0.2) is 11.5 Å². The third-order valence-corrected chi connectivity index (χ3v) is 3.93. The number of rotatable bonds is 2. The van der Waals surface area contributed by atoms with Crippen LogP contribution in [0.3, 0.4) is 0 Å². The van der Waals surface area contributed by atoms with Gasteiger partial charge in [0.05, 0.1) is 0 Å². The van der Waals surface area contributed by atoms with Crippen molar-refractivity contribution in [2.75, 3.05) is 11.5 Å². The molecule has 1 heterocycles. The summed E-state index contributed by atoms with van der Waals surface area (Å²) in [6.07, 6.45) is 1.11. The molecule has 1 aliphatic heterocycles. The zero-order valence-corrected chi connectivity index (χ0v) is 8.77. The maximum atomic E-state index is 13.4. The van der Waals surface area contributed by atoms with Gasteiger partial charge < -0.3 is 5.73 Å². The van der Waals surface area contributed by atoms with Crippen LogP contribution in [-0.2, 0) is 0 Å². The van der Waals surface area contributed by atoms with Crippen LogP contribution in [0.1, 0.15) is 18.0 Å². The monoisotopic (exact) mass is 211 g/mol. The summed E-state index contributed by atoms with van der Waals surface area (Å²) in [5.41, 5.74) is 6.71. The molecule has 1 aliphatic rings. The van der Waals surface area contributed by atoms with Crippen molar-refractivity contribution in [2.24, 2.45) is 11.7 Å². The highest BCUT2D eigenvalue weighted by Gasteiger charge is 2.25. The van der Waals surface area contributed by atoms with Crippen LogP contribution in [0, 0.1) is 11.7 Å². The maximum Gasteiger partial charge on any atom is 0.127 e. The van der Waals surface area contributed by atoms with Gasteiger partial charge in [-0.3, -0.25) is 0 Å². The van der Waals surface area contributed by atoms with Crippen molar-refractivity contribution < 1.29 is 4.39 Å². The zero-order valence-electron chi connectivity index (χ0n) is 7.95. The average molecular weight is 211 g/mol. The minimum absolute atomic E-state index is 0.133. The molecule has 0 aromatic heterocycles. The third kappa shape index (κ3) is 1.93. The Labute approximate surface area is 87.9 Å². The number of halogens is 1.